The number of amides is 1. The van der Waals surface area contributed by atoms with Crippen LogP contribution in [0.25, 0.3) is 10.8 Å². The molecule has 2 heterocycles. The van der Waals surface area contributed by atoms with E-state index in [0.29, 0.717) is 28.7 Å². The summed E-state index contributed by atoms with van der Waals surface area (Å²) in [6.45, 7) is 0.599. The van der Waals surface area contributed by atoms with Gasteiger partial charge in [-0.15, -0.1) is 0 Å². The Morgan fingerprint density at radius 1 is 1.00 bits per heavy atom. The van der Waals surface area contributed by atoms with Gasteiger partial charge in [-0.05, 0) is 67.3 Å². The second kappa shape index (κ2) is 9.61. The van der Waals surface area contributed by atoms with Crippen molar-refractivity contribution in [3.8, 4) is 0 Å². The number of aromatic nitrogens is 1. The van der Waals surface area contributed by atoms with Crippen LogP contribution in [0.15, 0.2) is 65.7 Å². The van der Waals surface area contributed by atoms with E-state index in [4.69, 9.17) is 0 Å². The first-order valence-electron chi connectivity index (χ1n) is 11.3. The molecule has 1 aliphatic heterocycles. The third-order valence-electron chi connectivity index (χ3n) is 6.76. The molecule has 6 nitrogen and oxygen atoms in total. The number of nitrogens with zero attached hydrogens (tertiary/aromatic N) is 2. The number of pyridine rings is 1. The van der Waals surface area contributed by atoms with Crippen molar-refractivity contribution in [2.24, 2.45) is 5.92 Å². The van der Waals surface area contributed by atoms with Crippen LogP contribution in [0.3, 0.4) is 0 Å². The summed E-state index contributed by atoms with van der Waals surface area (Å²) < 4.78 is 28.9. The summed E-state index contributed by atoms with van der Waals surface area (Å²) in [6, 6.07) is 16.0. The maximum atomic E-state index is 13.6. The first-order valence-corrected chi connectivity index (χ1v) is 12.7. The van der Waals surface area contributed by atoms with E-state index in [-0.39, 0.29) is 19.4 Å². The second-order valence-electron chi connectivity index (χ2n) is 8.80. The molecule has 2 bridgehead atoms. The summed E-state index contributed by atoms with van der Waals surface area (Å²) in [7, 11) is -3.57. The molecule has 2 fully saturated rings. The smallest absolute Gasteiger partial charge is 0.274 e. The van der Waals surface area contributed by atoms with Crippen molar-refractivity contribution in [1.29, 1.82) is 0 Å². The Balaban J connectivity index is 0.00000259. The van der Waals surface area contributed by atoms with Gasteiger partial charge < -0.3 is 5.32 Å². The Morgan fingerprint density at radius 3 is 2.67 bits per heavy atom. The zero-order chi connectivity index (χ0) is 22.1. The molecule has 5 rings (SSSR count). The van der Waals surface area contributed by atoms with E-state index in [9.17, 15) is 13.2 Å². The molecule has 1 N–H and O–H groups in total. The average Bonchev–Trinajstić information content (AvgIpc) is 2.96. The Bertz CT molecular complexity index is 1240. The van der Waals surface area contributed by atoms with Crippen LogP contribution in [-0.2, 0) is 10.0 Å². The van der Waals surface area contributed by atoms with Gasteiger partial charge in [0.1, 0.15) is 5.69 Å². The minimum Gasteiger partial charge on any atom is -0.320 e. The van der Waals surface area contributed by atoms with E-state index in [1.165, 1.54) is 6.42 Å². The minimum absolute atomic E-state index is 0. The number of nitrogens with one attached hydrogen (secondary N) is 1. The van der Waals surface area contributed by atoms with Gasteiger partial charge in [0.05, 0.1) is 4.90 Å². The third-order valence-corrected chi connectivity index (χ3v) is 8.71. The number of hydrogen-bond donors (Lipinski definition) is 1. The van der Waals surface area contributed by atoms with Crippen LogP contribution in [0.2, 0.25) is 0 Å². The molecule has 33 heavy (non-hydrogen) atoms. The van der Waals surface area contributed by atoms with Gasteiger partial charge in [0.25, 0.3) is 5.91 Å². The summed E-state index contributed by atoms with van der Waals surface area (Å²) in [5.74, 6) is 0.363. The Labute approximate surface area is 196 Å². The lowest BCUT2D eigenvalue weighted by atomic mass is 9.84. The van der Waals surface area contributed by atoms with E-state index in [1.54, 1.807) is 46.9 Å². The molecule has 2 unspecified atom stereocenters. The molecule has 1 aliphatic carbocycles. The molecule has 174 valence electrons. The van der Waals surface area contributed by atoms with Crippen LogP contribution in [0.1, 0.15) is 56.4 Å². The first kappa shape index (κ1) is 23.4. The molecular formula is C26H31N3O3S. The summed E-state index contributed by atoms with van der Waals surface area (Å²) in [5.41, 5.74) is 0.961. The molecule has 1 saturated heterocycles. The predicted octanol–water partition coefficient (Wildman–Crippen LogP) is 5.47. The van der Waals surface area contributed by atoms with E-state index in [2.05, 4.69) is 10.3 Å². The second-order valence-corrected chi connectivity index (χ2v) is 10.7. The van der Waals surface area contributed by atoms with Gasteiger partial charge in [0.15, 0.2) is 0 Å². The third kappa shape index (κ3) is 4.66. The summed E-state index contributed by atoms with van der Waals surface area (Å²) in [5, 5.41) is 4.47. The van der Waals surface area contributed by atoms with Crippen molar-refractivity contribution in [1.82, 2.24) is 9.29 Å². The molecule has 7 heteroatoms. The highest BCUT2D eigenvalue weighted by Gasteiger charge is 2.36. The highest BCUT2D eigenvalue weighted by molar-refractivity contribution is 7.89. The van der Waals surface area contributed by atoms with E-state index in [1.807, 2.05) is 18.2 Å². The van der Waals surface area contributed by atoms with Gasteiger partial charge >= 0.3 is 0 Å². The number of benzene rings is 2. The molecule has 0 spiro atoms. The topological polar surface area (TPSA) is 79.4 Å². The molecule has 3 aromatic rings. The maximum absolute atomic E-state index is 13.6. The minimum atomic E-state index is -3.57. The molecule has 2 atom stereocenters. The van der Waals surface area contributed by atoms with Crippen molar-refractivity contribution in [3.05, 3.63) is 66.5 Å². The number of carbonyl (C=O) groups is 1. The lowest BCUT2D eigenvalue weighted by molar-refractivity contribution is 0.102. The Kier molecular flexibility index (Phi) is 6.81. The van der Waals surface area contributed by atoms with Crippen molar-refractivity contribution >= 4 is 32.4 Å². The van der Waals surface area contributed by atoms with Crippen molar-refractivity contribution in [2.75, 3.05) is 11.9 Å². The Morgan fingerprint density at radius 2 is 1.85 bits per heavy atom. The number of rotatable bonds is 4. The standard InChI is InChI=1S/C25H27N3O3S.CH4/c29-25(24-10-1-2-14-26-24)27-23-11-4-8-19-17-21(12-13-22(19)23)32(30,31)28-15-5-7-18-6-3-9-20(28)16-18;/h1-2,4,8,10-14,17-18,20H,3,5-7,9,15-16H2,(H,27,29);1H4. The monoisotopic (exact) mass is 465 g/mol. The van der Waals surface area contributed by atoms with E-state index >= 15 is 0 Å². The van der Waals surface area contributed by atoms with Crippen LogP contribution in [0.5, 0.6) is 0 Å². The Hall–Kier alpha value is -2.77. The number of hydrogen-bond acceptors (Lipinski definition) is 4. The number of fused-ring (bicyclic) bond motifs is 3. The summed E-state index contributed by atoms with van der Waals surface area (Å²) in [6.07, 6.45) is 7.90. The number of sulfonamides is 1. The summed E-state index contributed by atoms with van der Waals surface area (Å²) >= 11 is 0. The SMILES string of the molecule is C.O=C(Nc1cccc2cc(S(=O)(=O)N3CCCC4CCCC3C4)ccc12)c1ccccn1. The lowest BCUT2D eigenvalue weighted by Gasteiger charge is -2.33. The average molecular weight is 466 g/mol. The largest absolute Gasteiger partial charge is 0.320 e. The highest BCUT2D eigenvalue weighted by Crippen LogP contribution is 2.37. The normalized spacial score (nSPS) is 21.1. The molecule has 1 aromatic heterocycles. The van der Waals surface area contributed by atoms with Crippen LogP contribution in [-0.4, -0.2) is 36.2 Å². The fourth-order valence-corrected chi connectivity index (χ4v) is 6.91. The zero-order valence-corrected chi connectivity index (χ0v) is 18.7. The molecule has 1 saturated carbocycles. The van der Waals surface area contributed by atoms with Gasteiger partial charge in [0.2, 0.25) is 10.0 Å². The zero-order valence-electron chi connectivity index (χ0n) is 17.9. The van der Waals surface area contributed by atoms with Crippen molar-refractivity contribution < 1.29 is 13.2 Å². The fraction of sp³-hybridized carbons (Fsp3) is 0.385. The highest BCUT2D eigenvalue weighted by atomic mass is 32.2. The van der Waals surface area contributed by atoms with Crippen LogP contribution < -0.4 is 5.32 Å². The van der Waals surface area contributed by atoms with Crippen LogP contribution >= 0.6 is 0 Å². The van der Waals surface area contributed by atoms with E-state index < -0.39 is 10.0 Å². The van der Waals surface area contributed by atoms with Crippen LogP contribution in [0.4, 0.5) is 5.69 Å². The summed E-state index contributed by atoms with van der Waals surface area (Å²) in [4.78, 5) is 17.0. The molecular weight excluding hydrogens is 434 g/mol. The molecule has 1 amide bonds. The van der Waals surface area contributed by atoms with Gasteiger partial charge in [-0.25, -0.2) is 8.42 Å². The molecule has 2 aliphatic rings. The molecule has 2 aromatic carbocycles. The van der Waals surface area contributed by atoms with Gasteiger partial charge in [-0.3, -0.25) is 9.78 Å². The predicted molar refractivity (Wildman–Crippen MR) is 132 cm³/mol. The lowest BCUT2D eigenvalue weighted by Crippen LogP contribution is -2.41. The van der Waals surface area contributed by atoms with E-state index in [0.717, 1.165) is 42.9 Å². The van der Waals surface area contributed by atoms with Crippen molar-refractivity contribution in [3.63, 3.8) is 0 Å². The quantitative estimate of drug-likeness (QED) is 0.554. The first-order chi connectivity index (χ1) is 15.5. The van der Waals surface area contributed by atoms with Gasteiger partial charge in [0, 0.05) is 29.9 Å². The van der Waals surface area contributed by atoms with Crippen molar-refractivity contribution in [2.45, 2.75) is 56.9 Å². The van der Waals surface area contributed by atoms with Gasteiger partial charge in [-0.2, -0.15) is 4.31 Å². The number of carbonyl (C=O) groups excluding carboxylic acids is 1. The number of anilines is 1. The molecule has 0 radical (unpaired) electrons. The van der Waals surface area contributed by atoms with Gasteiger partial charge in [-0.1, -0.05) is 44.5 Å². The van der Waals surface area contributed by atoms with Crippen LogP contribution in [0, 0.1) is 5.92 Å². The maximum Gasteiger partial charge on any atom is 0.274 e. The fourth-order valence-electron chi connectivity index (χ4n) is 5.17.